The van der Waals surface area contributed by atoms with E-state index in [9.17, 15) is 9.59 Å². The average Bonchev–Trinajstić information content (AvgIpc) is 2.39. The minimum Gasteiger partial charge on any atom is -0.356 e. The molecule has 0 unspecified atom stereocenters. The normalized spacial score (nSPS) is 10.4. The lowest BCUT2D eigenvalue weighted by molar-refractivity contribution is -0.121. The first-order valence-electron chi connectivity index (χ1n) is 6.43. The van der Waals surface area contributed by atoms with Crippen molar-refractivity contribution in [1.29, 1.82) is 0 Å². The minimum atomic E-state index is -0.303. The third-order valence-electron chi connectivity index (χ3n) is 2.54. The van der Waals surface area contributed by atoms with Gasteiger partial charge in [-0.15, -0.1) is 12.6 Å². The van der Waals surface area contributed by atoms with Gasteiger partial charge in [-0.25, -0.2) is 0 Å². The van der Waals surface area contributed by atoms with Crippen molar-refractivity contribution in [3.63, 3.8) is 0 Å². The molecular formula is C14H19ClN2O2S. The quantitative estimate of drug-likeness (QED) is 0.707. The highest BCUT2D eigenvalue weighted by Crippen LogP contribution is 2.19. The van der Waals surface area contributed by atoms with Crippen molar-refractivity contribution < 1.29 is 9.59 Å². The van der Waals surface area contributed by atoms with Crippen LogP contribution in [0.2, 0.25) is 5.02 Å². The highest BCUT2D eigenvalue weighted by molar-refractivity contribution is 7.80. The van der Waals surface area contributed by atoms with Gasteiger partial charge in [-0.2, -0.15) is 0 Å². The molecule has 2 amide bonds. The molecule has 0 fully saturated rings. The molecule has 0 spiro atoms. The van der Waals surface area contributed by atoms with Crippen LogP contribution in [0.15, 0.2) is 23.1 Å². The van der Waals surface area contributed by atoms with Gasteiger partial charge in [0, 0.05) is 24.4 Å². The molecule has 1 rings (SSSR count). The Balaban J connectivity index is 2.40. The summed E-state index contributed by atoms with van der Waals surface area (Å²) in [6, 6.07) is 4.93. The fraction of sp³-hybridized carbons (Fsp3) is 0.429. The maximum absolute atomic E-state index is 11.9. The summed E-state index contributed by atoms with van der Waals surface area (Å²) in [6.07, 6.45) is 0.247. The predicted molar refractivity (Wildman–Crippen MR) is 83.5 cm³/mol. The Labute approximate surface area is 129 Å². The number of thiol groups is 1. The molecular weight excluding hydrogens is 296 g/mol. The molecule has 0 aromatic heterocycles. The van der Waals surface area contributed by atoms with Crippen LogP contribution in [0, 0.1) is 5.92 Å². The number of amides is 2. The van der Waals surface area contributed by atoms with Crippen molar-refractivity contribution in [3.05, 3.63) is 28.8 Å². The van der Waals surface area contributed by atoms with E-state index >= 15 is 0 Å². The van der Waals surface area contributed by atoms with Gasteiger partial charge in [-0.3, -0.25) is 9.59 Å². The summed E-state index contributed by atoms with van der Waals surface area (Å²) in [6.45, 7) is 4.96. The molecule has 0 aliphatic heterocycles. The van der Waals surface area contributed by atoms with Crippen LogP contribution in [-0.4, -0.2) is 24.9 Å². The molecule has 0 aliphatic rings. The number of rotatable bonds is 6. The molecule has 2 N–H and O–H groups in total. The molecule has 0 heterocycles. The highest BCUT2D eigenvalue weighted by Gasteiger charge is 2.11. The first kappa shape index (κ1) is 16.9. The van der Waals surface area contributed by atoms with Crippen LogP contribution < -0.4 is 10.6 Å². The first-order chi connectivity index (χ1) is 9.40. The van der Waals surface area contributed by atoms with E-state index in [1.54, 1.807) is 18.2 Å². The lowest BCUT2D eigenvalue weighted by Crippen LogP contribution is -2.32. The summed E-state index contributed by atoms with van der Waals surface area (Å²) in [5.41, 5.74) is 0.363. The van der Waals surface area contributed by atoms with E-state index in [1.165, 1.54) is 0 Å². The average molecular weight is 315 g/mol. The van der Waals surface area contributed by atoms with Crippen molar-refractivity contribution in [3.8, 4) is 0 Å². The molecule has 110 valence electrons. The Kier molecular flexibility index (Phi) is 6.88. The summed E-state index contributed by atoms with van der Waals surface area (Å²) in [5.74, 6) is 0.0288. The molecule has 4 nitrogen and oxygen atoms in total. The molecule has 0 saturated heterocycles. The number of halogens is 1. The van der Waals surface area contributed by atoms with E-state index in [0.29, 0.717) is 27.9 Å². The molecule has 0 aliphatic carbocycles. The third kappa shape index (κ3) is 5.84. The topological polar surface area (TPSA) is 58.2 Å². The molecule has 6 heteroatoms. The second-order valence-electron chi connectivity index (χ2n) is 4.87. The molecule has 0 bridgehead atoms. The summed E-state index contributed by atoms with van der Waals surface area (Å²) in [4.78, 5) is 24.1. The van der Waals surface area contributed by atoms with Crippen LogP contribution in [0.3, 0.4) is 0 Å². The number of carbonyl (C=O) groups excluding carboxylic acids is 2. The molecule has 0 radical (unpaired) electrons. The zero-order valence-corrected chi connectivity index (χ0v) is 13.2. The number of benzene rings is 1. The Hall–Kier alpha value is -1.20. The van der Waals surface area contributed by atoms with Gasteiger partial charge in [-0.05, 0) is 24.1 Å². The zero-order chi connectivity index (χ0) is 15.1. The summed E-state index contributed by atoms with van der Waals surface area (Å²) < 4.78 is 0. The smallest absolute Gasteiger partial charge is 0.252 e. The Bertz CT molecular complexity index is 492. The van der Waals surface area contributed by atoms with Gasteiger partial charge < -0.3 is 10.6 Å². The first-order valence-corrected chi connectivity index (χ1v) is 7.26. The van der Waals surface area contributed by atoms with Gasteiger partial charge in [0.2, 0.25) is 5.91 Å². The lowest BCUT2D eigenvalue weighted by Gasteiger charge is -2.09. The number of hydrogen-bond acceptors (Lipinski definition) is 3. The van der Waals surface area contributed by atoms with Crippen LogP contribution in [0.25, 0.3) is 0 Å². The molecule has 1 aromatic carbocycles. The second-order valence-corrected chi connectivity index (χ2v) is 5.79. The Morgan fingerprint density at radius 3 is 2.65 bits per heavy atom. The summed E-state index contributed by atoms with van der Waals surface area (Å²) in [5, 5.41) is 5.82. The van der Waals surface area contributed by atoms with Crippen LogP contribution in [-0.2, 0) is 4.79 Å². The summed E-state index contributed by atoms with van der Waals surface area (Å²) in [7, 11) is 0. The van der Waals surface area contributed by atoms with E-state index < -0.39 is 0 Å². The predicted octanol–water partition coefficient (Wildman–Crippen LogP) is 2.52. The van der Waals surface area contributed by atoms with Crippen molar-refractivity contribution in [2.24, 2.45) is 5.92 Å². The maximum Gasteiger partial charge on any atom is 0.252 e. The Morgan fingerprint density at radius 1 is 1.30 bits per heavy atom. The standard InChI is InChI=1S/C14H19ClN2O2S/c1-9(2)8-17-13(18)5-6-16-14(19)11-7-10(20)3-4-12(11)15/h3-4,7,9,20H,5-6,8H2,1-2H3,(H,16,19)(H,17,18). The van der Waals surface area contributed by atoms with Crippen LogP contribution in [0.5, 0.6) is 0 Å². The van der Waals surface area contributed by atoms with Crippen molar-refractivity contribution >= 4 is 36.0 Å². The van der Waals surface area contributed by atoms with E-state index in [2.05, 4.69) is 23.3 Å². The highest BCUT2D eigenvalue weighted by atomic mass is 35.5. The van der Waals surface area contributed by atoms with E-state index in [1.807, 2.05) is 13.8 Å². The van der Waals surface area contributed by atoms with Gasteiger partial charge >= 0.3 is 0 Å². The minimum absolute atomic E-state index is 0.0759. The van der Waals surface area contributed by atoms with Crippen LogP contribution >= 0.6 is 24.2 Å². The number of carbonyl (C=O) groups is 2. The zero-order valence-electron chi connectivity index (χ0n) is 11.6. The van der Waals surface area contributed by atoms with Crippen molar-refractivity contribution in [1.82, 2.24) is 10.6 Å². The van der Waals surface area contributed by atoms with Gasteiger partial charge in [0.05, 0.1) is 10.6 Å². The SMILES string of the molecule is CC(C)CNC(=O)CCNC(=O)c1cc(S)ccc1Cl. The monoisotopic (exact) mass is 314 g/mol. The van der Waals surface area contributed by atoms with Gasteiger partial charge in [0.1, 0.15) is 0 Å². The third-order valence-corrected chi connectivity index (χ3v) is 3.15. The Morgan fingerprint density at radius 2 is 2.00 bits per heavy atom. The maximum atomic E-state index is 11.9. The molecule has 1 aromatic rings. The molecule has 0 saturated carbocycles. The van der Waals surface area contributed by atoms with E-state index in [-0.39, 0.29) is 24.8 Å². The summed E-state index contributed by atoms with van der Waals surface area (Å²) >= 11 is 10.1. The largest absolute Gasteiger partial charge is 0.356 e. The number of nitrogens with one attached hydrogen (secondary N) is 2. The fourth-order valence-electron chi connectivity index (χ4n) is 1.48. The number of hydrogen-bond donors (Lipinski definition) is 3. The van der Waals surface area contributed by atoms with Gasteiger partial charge in [0.25, 0.3) is 5.91 Å². The fourth-order valence-corrected chi connectivity index (χ4v) is 1.89. The lowest BCUT2D eigenvalue weighted by atomic mass is 10.2. The van der Waals surface area contributed by atoms with Crippen LogP contribution in [0.1, 0.15) is 30.6 Å². The van der Waals surface area contributed by atoms with E-state index in [4.69, 9.17) is 11.6 Å². The molecule has 20 heavy (non-hydrogen) atoms. The second kappa shape index (κ2) is 8.17. The van der Waals surface area contributed by atoms with Gasteiger partial charge in [-0.1, -0.05) is 25.4 Å². The van der Waals surface area contributed by atoms with Crippen molar-refractivity contribution in [2.75, 3.05) is 13.1 Å². The molecule has 0 atom stereocenters. The van der Waals surface area contributed by atoms with Crippen molar-refractivity contribution in [2.45, 2.75) is 25.2 Å². The van der Waals surface area contributed by atoms with Gasteiger partial charge in [0.15, 0.2) is 0 Å². The van der Waals surface area contributed by atoms with Crippen LogP contribution in [0.4, 0.5) is 0 Å². The van der Waals surface area contributed by atoms with E-state index in [0.717, 1.165) is 0 Å².